The maximum atomic E-state index is 11.2. The van der Waals surface area contributed by atoms with Crippen molar-refractivity contribution in [2.75, 3.05) is 19.8 Å². The van der Waals surface area contributed by atoms with Gasteiger partial charge in [0.2, 0.25) is 0 Å². The average molecular weight is 447 g/mol. The van der Waals surface area contributed by atoms with Crippen LogP contribution >= 0.6 is 0 Å². The molecule has 5 nitrogen and oxygen atoms in total. The Hall–Kier alpha value is -1.36. The first-order valence-electron chi connectivity index (χ1n) is 12.9. The molecule has 0 saturated heterocycles. The van der Waals surface area contributed by atoms with Crippen molar-refractivity contribution in [3.8, 4) is 0 Å². The first-order chi connectivity index (χ1) is 15.3. The molecule has 3 saturated carbocycles. The second-order valence-electron chi connectivity index (χ2n) is 11.3. The van der Waals surface area contributed by atoms with E-state index in [-0.39, 0.29) is 24.0 Å². The molecule has 0 radical (unpaired) electrons. The van der Waals surface area contributed by atoms with Crippen LogP contribution in [0.3, 0.4) is 0 Å². The Morgan fingerprint density at radius 2 is 1.72 bits per heavy atom. The van der Waals surface area contributed by atoms with Crippen LogP contribution in [-0.2, 0) is 19.1 Å². The number of carbonyl (C=O) groups excluding carboxylic acids is 2. The van der Waals surface area contributed by atoms with Crippen LogP contribution in [0, 0.1) is 40.4 Å². The Morgan fingerprint density at radius 1 is 1.00 bits per heavy atom. The van der Waals surface area contributed by atoms with E-state index in [9.17, 15) is 14.7 Å². The quantitative estimate of drug-likeness (QED) is 0.437. The van der Waals surface area contributed by atoms with Crippen LogP contribution in [-0.4, -0.2) is 36.9 Å². The normalized spacial score (nSPS) is 40.5. The number of allylic oxidation sites excluding steroid dienone is 1. The molecule has 0 aromatic heterocycles. The Bertz CT molecular complexity index is 744. The van der Waals surface area contributed by atoms with Crippen molar-refractivity contribution < 1.29 is 24.2 Å². The number of hydrogen-bond acceptors (Lipinski definition) is 5. The van der Waals surface area contributed by atoms with E-state index in [2.05, 4.69) is 13.0 Å². The molecule has 7 atom stereocenters. The van der Waals surface area contributed by atoms with E-state index in [1.54, 1.807) is 0 Å². The standard InChI is InChI=1S/C27H42O5/c1-18(29)31-14-10-20-8-13-27(17-28)22(16-20)4-6-23-24-7-5-21(11-15-32-19(2)30)26(24,3)12-9-25(23)27/h4,20-21,23-25,28H,5-17H2,1-3H3/t20?,21?,23-,24-,25+,26+,27+/m0/s1. The number of carbonyl (C=O) groups is 2. The average Bonchev–Trinajstić information content (AvgIpc) is 3.09. The van der Waals surface area contributed by atoms with Gasteiger partial charge in [-0.2, -0.15) is 0 Å². The Kier molecular flexibility index (Phi) is 7.05. The number of fused-ring (bicyclic) bond motifs is 5. The van der Waals surface area contributed by atoms with Gasteiger partial charge in [0, 0.05) is 19.3 Å². The molecule has 32 heavy (non-hydrogen) atoms. The van der Waals surface area contributed by atoms with E-state index >= 15 is 0 Å². The summed E-state index contributed by atoms with van der Waals surface area (Å²) >= 11 is 0. The van der Waals surface area contributed by atoms with E-state index in [1.165, 1.54) is 45.1 Å². The van der Waals surface area contributed by atoms with Crippen LogP contribution in [0.25, 0.3) is 0 Å². The molecular formula is C27H42O5. The molecular weight excluding hydrogens is 404 g/mol. The minimum atomic E-state index is -0.196. The summed E-state index contributed by atoms with van der Waals surface area (Å²) in [5.41, 5.74) is 1.80. The van der Waals surface area contributed by atoms with Gasteiger partial charge in [-0.15, -0.1) is 0 Å². The van der Waals surface area contributed by atoms with Crippen LogP contribution in [0.5, 0.6) is 0 Å². The van der Waals surface area contributed by atoms with Gasteiger partial charge >= 0.3 is 11.9 Å². The van der Waals surface area contributed by atoms with Crippen molar-refractivity contribution in [3.05, 3.63) is 11.6 Å². The highest BCUT2D eigenvalue weighted by Crippen LogP contribution is 2.67. The van der Waals surface area contributed by atoms with Crippen LogP contribution in [0.2, 0.25) is 0 Å². The topological polar surface area (TPSA) is 72.8 Å². The van der Waals surface area contributed by atoms with E-state index in [1.807, 2.05) is 0 Å². The van der Waals surface area contributed by atoms with Crippen molar-refractivity contribution in [1.29, 1.82) is 0 Å². The molecule has 1 N–H and O–H groups in total. The molecule has 4 aliphatic carbocycles. The molecule has 180 valence electrons. The summed E-state index contributed by atoms with van der Waals surface area (Å²) in [4.78, 5) is 22.3. The van der Waals surface area contributed by atoms with Crippen molar-refractivity contribution in [1.82, 2.24) is 0 Å². The maximum Gasteiger partial charge on any atom is 0.302 e. The third-order valence-corrected chi connectivity index (χ3v) is 10.0. The van der Waals surface area contributed by atoms with Gasteiger partial charge in [-0.05, 0) is 99.2 Å². The lowest BCUT2D eigenvalue weighted by atomic mass is 9.46. The zero-order valence-corrected chi connectivity index (χ0v) is 20.2. The maximum absolute atomic E-state index is 11.2. The summed E-state index contributed by atoms with van der Waals surface area (Å²) in [5.74, 6) is 2.80. The minimum Gasteiger partial charge on any atom is -0.466 e. The summed E-state index contributed by atoms with van der Waals surface area (Å²) in [6, 6.07) is 0. The second-order valence-corrected chi connectivity index (χ2v) is 11.3. The molecule has 0 aromatic carbocycles. The number of ether oxygens (including phenoxy) is 2. The van der Waals surface area contributed by atoms with Gasteiger partial charge in [0.25, 0.3) is 0 Å². The van der Waals surface area contributed by atoms with Crippen LogP contribution in [0.1, 0.15) is 85.0 Å². The first kappa shape index (κ1) is 23.8. The van der Waals surface area contributed by atoms with E-state index in [0.29, 0.717) is 48.2 Å². The zero-order chi connectivity index (χ0) is 22.9. The molecule has 0 amide bonds. The Labute approximate surface area is 193 Å². The van der Waals surface area contributed by atoms with Crippen molar-refractivity contribution in [2.45, 2.75) is 85.0 Å². The van der Waals surface area contributed by atoms with Crippen LogP contribution < -0.4 is 0 Å². The smallest absolute Gasteiger partial charge is 0.302 e. The summed E-state index contributed by atoms with van der Waals surface area (Å²) in [6.07, 6.45) is 13.8. The van der Waals surface area contributed by atoms with Gasteiger partial charge in [0.05, 0.1) is 19.8 Å². The minimum absolute atomic E-state index is 0.0298. The highest BCUT2D eigenvalue weighted by molar-refractivity contribution is 5.66. The summed E-state index contributed by atoms with van der Waals surface area (Å²) in [5, 5.41) is 10.7. The molecule has 0 aromatic rings. The molecule has 0 aliphatic heterocycles. The predicted octanol–water partition coefficient (Wildman–Crippen LogP) is 5.06. The van der Waals surface area contributed by atoms with Gasteiger partial charge in [-0.1, -0.05) is 18.6 Å². The summed E-state index contributed by atoms with van der Waals surface area (Å²) < 4.78 is 10.5. The molecule has 3 fully saturated rings. The van der Waals surface area contributed by atoms with E-state index in [0.717, 1.165) is 38.5 Å². The lowest BCUT2D eigenvalue weighted by molar-refractivity contribution is -0.142. The fraction of sp³-hybridized carbons (Fsp3) is 0.852. The first-order valence-corrected chi connectivity index (χ1v) is 12.9. The monoisotopic (exact) mass is 446 g/mol. The fourth-order valence-electron chi connectivity index (χ4n) is 8.37. The summed E-state index contributed by atoms with van der Waals surface area (Å²) in [7, 11) is 0. The second kappa shape index (κ2) is 9.48. The predicted molar refractivity (Wildman–Crippen MR) is 123 cm³/mol. The third kappa shape index (κ3) is 4.26. The number of esters is 2. The van der Waals surface area contributed by atoms with Gasteiger partial charge < -0.3 is 14.6 Å². The highest BCUT2D eigenvalue weighted by Gasteiger charge is 2.59. The SMILES string of the molecule is CC(=O)OCCC1CC[C@@]2(CO)C(=CC[C@@H]3[C@H]2CC[C@]2(C)C(CCOC(C)=O)CC[C@@H]32)C1. The zero-order valence-electron chi connectivity index (χ0n) is 20.2. The Balaban J connectivity index is 1.45. The van der Waals surface area contributed by atoms with Crippen molar-refractivity contribution >= 4 is 11.9 Å². The molecule has 5 heteroatoms. The van der Waals surface area contributed by atoms with Gasteiger partial charge in [-0.25, -0.2) is 0 Å². The molecule has 4 aliphatic rings. The van der Waals surface area contributed by atoms with E-state index < -0.39 is 0 Å². The van der Waals surface area contributed by atoms with Gasteiger partial charge in [0.15, 0.2) is 0 Å². The molecule has 0 spiro atoms. The Morgan fingerprint density at radius 3 is 2.41 bits per heavy atom. The van der Waals surface area contributed by atoms with Crippen molar-refractivity contribution in [3.63, 3.8) is 0 Å². The number of rotatable bonds is 7. The number of aliphatic hydroxyl groups is 1. The molecule has 0 bridgehead atoms. The summed E-state index contributed by atoms with van der Waals surface area (Å²) in [6.45, 7) is 6.81. The molecule has 0 heterocycles. The fourth-order valence-corrected chi connectivity index (χ4v) is 8.37. The lowest BCUT2D eigenvalue weighted by Gasteiger charge is -2.59. The largest absolute Gasteiger partial charge is 0.466 e. The van der Waals surface area contributed by atoms with Gasteiger partial charge in [0.1, 0.15) is 0 Å². The third-order valence-electron chi connectivity index (χ3n) is 10.0. The van der Waals surface area contributed by atoms with Crippen molar-refractivity contribution in [2.24, 2.45) is 40.4 Å². The molecule has 4 rings (SSSR count). The van der Waals surface area contributed by atoms with E-state index in [4.69, 9.17) is 9.47 Å². The highest BCUT2D eigenvalue weighted by atomic mass is 16.5. The van der Waals surface area contributed by atoms with Crippen LogP contribution in [0.15, 0.2) is 11.6 Å². The van der Waals surface area contributed by atoms with Crippen LogP contribution in [0.4, 0.5) is 0 Å². The molecule has 2 unspecified atom stereocenters. The van der Waals surface area contributed by atoms with Gasteiger partial charge in [-0.3, -0.25) is 9.59 Å². The number of aliphatic hydroxyl groups excluding tert-OH is 1. The lowest BCUT2D eigenvalue weighted by Crippen LogP contribution is -2.52. The number of hydrogen-bond donors (Lipinski definition) is 1.